The number of carbonyl (C=O) groups is 1. The first-order valence-corrected chi connectivity index (χ1v) is 7.25. The van der Waals surface area contributed by atoms with Crippen molar-refractivity contribution in [1.82, 2.24) is 16.2 Å². The van der Waals surface area contributed by atoms with Crippen molar-refractivity contribution in [3.05, 3.63) is 34.6 Å². The van der Waals surface area contributed by atoms with Gasteiger partial charge in [0.1, 0.15) is 5.82 Å². The van der Waals surface area contributed by atoms with Crippen LogP contribution in [0.2, 0.25) is 5.02 Å². The summed E-state index contributed by atoms with van der Waals surface area (Å²) in [7, 11) is 0. The fourth-order valence-corrected chi connectivity index (χ4v) is 3.28. The molecule has 0 saturated carbocycles. The Morgan fingerprint density at radius 1 is 1.40 bits per heavy atom. The summed E-state index contributed by atoms with van der Waals surface area (Å²) < 4.78 is 13.2. The molecule has 2 saturated heterocycles. The SMILES string of the molecule is O=C1NNC(Cc2ccc(F)c(Cl)c2)C2NCCCC12. The second-order valence-corrected chi connectivity index (χ2v) is 5.83. The van der Waals surface area contributed by atoms with Gasteiger partial charge in [-0.05, 0) is 43.5 Å². The zero-order chi connectivity index (χ0) is 14.1. The molecule has 2 aliphatic rings. The zero-order valence-corrected chi connectivity index (χ0v) is 11.7. The number of carbonyl (C=O) groups excluding carboxylic acids is 1. The summed E-state index contributed by atoms with van der Waals surface area (Å²) in [6.45, 7) is 0.927. The molecule has 0 spiro atoms. The normalized spacial score (nSPS) is 29.7. The fourth-order valence-electron chi connectivity index (χ4n) is 3.07. The third-order valence-corrected chi connectivity index (χ3v) is 4.39. The summed E-state index contributed by atoms with van der Waals surface area (Å²) in [6.07, 6.45) is 2.62. The van der Waals surface area contributed by atoms with Gasteiger partial charge in [-0.15, -0.1) is 0 Å². The van der Waals surface area contributed by atoms with E-state index in [0.29, 0.717) is 6.42 Å². The summed E-state index contributed by atoms with van der Waals surface area (Å²) in [5.74, 6) is -0.351. The molecule has 0 aromatic heterocycles. The van der Waals surface area contributed by atoms with Crippen LogP contribution in [0.15, 0.2) is 18.2 Å². The molecule has 3 rings (SSSR count). The van der Waals surface area contributed by atoms with E-state index in [1.165, 1.54) is 6.07 Å². The molecular formula is C14H17ClFN3O. The van der Waals surface area contributed by atoms with Crippen LogP contribution < -0.4 is 16.2 Å². The topological polar surface area (TPSA) is 53.2 Å². The van der Waals surface area contributed by atoms with Gasteiger partial charge < -0.3 is 5.32 Å². The van der Waals surface area contributed by atoms with Crippen molar-refractivity contribution >= 4 is 17.5 Å². The second-order valence-electron chi connectivity index (χ2n) is 5.42. The second kappa shape index (κ2) is 5.68. The lowest BCUT2D eigenvalue weighted by Gasteiger charge is -2.41. The van der Waals surface area contributed by atoms with Crippen LogP contribution in [0.5, 0.6) is 0 Å². The minimum Gasteiger partial charge on any atom is -0.312 e. The predicted octanol–water partition coefficient (Wildman–Crippen LogP) is 1.39. The van der Waals surface area contributed by atoms with Gasteiger partial charge in [0.05, 0.1) is 10.9 Å². The Labute approximate surface area is 122 Å². The number of benzene rings is 1. The van der Waals surface area contributed by atoms with Gasteiger partial charge in [0, 0.05) is 12.1 Å². The highest BCUT2D eigenvalue weighted by atomic mass is 35.5. The van der Waals surface area contributed by atoms with Gasteiger partial charge in [0.25, 0.3) is 0 Å². The molecule has 3 N–H and O–H groups in total. The van der Waals surface area contributed by atoms with Crippen LogP contribution in [-0.4, -0.2) is 24.5 Å². The van der Waals surface area contributed by atoms with Crippen molar-refractivity contribution < 1.29 is 9.18 Å². The van der Waals surface area contributed by atoms with Crippen molar-refractivity contribution in [3.8, 4) is 0 Å². The molecule has 2 fully saturated rings. The Balaban J connectivity index is 1.75. The van der Waals surface area contributed by atoms with Crippen molar-refractivity contribution in [2.45, 2.75) is 31.3 Å². The minimum atomic E-state index is -0.408. The molecule has 0 radical (unpaired) electrons. The Morgan fingerprint density at radius 3 is 3.05 bits per heavy atom. The number of hydrogen-bond donors (Lipinski definition) is 3. The number of nitrogens with one attached hydrogen (secondary N) is 3. The number of halogens is 2. The molecule has 108 valence electrons. The standard InChI is InChI=1S/C14H17ClFN3O/c15-10-6-8(3-4-11(10)16)7-12-13-9(2-1-5-17-13)14(20)19-18-12/h3-4,6,9,12-13,17-18H,1-2,5,7H2,(H,19,20). The van der Waals surface area contributed by atoms with Crippen LogP contribution in [0.3, 0.4) is 0 Å². The van der Waals surface area contributed by atoms with E-state index in [9.17, 15) is 9.18 Å². The van der Waals surface area contributed by atoms with Gasteiger partial charge >= 0.3 is 0 Å². The number of rotatable bonds is 2. The van der Waals surface area contributed by atoms with Crippen molar-refractivity contribution in [1.29, 1.82) is 0 Å². The summed E-state index contributed by atoms with van der Waals surface area (Å²) >= 11 is 5.81. The molecule has 0 bridgehead atoms. The lowest BCUT2D eigenvalue weighted by atomic mass is 9.82. The average Bonchev–Trinajstić information content (AvgIpc) is 2.46. The number of fused-ring (bicyclic) bond motifs is 1. The molecule has 4 nitrogen and oxygen atoms in total. The van der Waals surface area contributed by atoms with E-state index in [0.717, 1.165) is 24.9 Å². The van der Waals surface area contributed by atoms with E-state index in [1.54, 1.807) is 12.1 Å². The maximum Gasteiger partial charge on any atom is 0.238 e. The first-order valence-electron chi connectivity index (χ1n) is 6.88. The monoisotopic (exact) mass is 297 g/mol. The smallest absolute Gasteiger partial charge is 0.238 e. The van der Waals surface area contributed by atoms with Crippen LogP contribution in [0.25, 0.3) is 0 Å². The minimum absolute atomic E-state index is 0.00548. The number of hydrazine groups is 1. The van der Waals surface area contributed by atoms with E-state index in [1.807, 2.05) is 0 Å². The third-order valence-electron chi connectivity index (χ3n) is 4.10. The van der Waals surface area contributed by atoms with E-state index in [-0.39, 0.29) is 28.9 Å². The van der Waals surface area contributed by atoms with Crippen LogP contribution in [-0.2, 0) is 11.2 Å². The fraction of sp³-hybridized carbons (Fsp3) is 0.500. The molecule has 2 heterocycles. The summed E-state index contributed by atoms with van der Waals surface area (Å²) in [4.78, 5) is 11.8. The summed E-state index contributed by atoms with van der Waals surface area (Å²) in [5, 5.41) is 3.55. The van der Waals surface area contributed by atoms with Gasteiger partial charge in [0.2, 0.25) is 5.91 Å². The Hall–Kier alpha value is -1.17. The lowest BCUT2D eigenvalue weighted by Crippen LogP contribution is -2.67. The first-order chi connectivity index (χ1) is 9.65. The molecule has 2 aliphatic heterocycles. The first kappa shape index (κ1) is 13.8. The van der Waals surface area contributed by atoms with E-state index >= 15 is 0 Å². The Bertz CT molecular complexity index is 525. The molecular weight excluding hydrogens is 281 g/mol. The van der Waals surface area contributed by atoms with Gasteiger partial charge in [-0.2, -0.15) is 0 Å². The van der Waals surface area contributed by atoms with Crippen LogP contribution in [0.4, 0.5) is 4.39 Å². The Morgan fingerprint density at radius 2 is 2.25 bits per heavy atom. The lowest BCUT2D eigenvalue weighted by molar-refractivity contribution is -0.131. The predicted molar refractivity (Wildman–Crippen MR) is 74.7 cm³/mol. The van der Waals surface area contributed by atoms with Gasteiger partial charge in [-0.3, -0.25) is 10.2 Å². The average molecular weight is 298 g/mol. The largest absolute Gasteiger partial charge is 0.312 e. The maximum atomic E-state index is 13.2. The van der Waals surface area contributed by atoms with Gasteiger partial charge in [-0.25, -0.2) is 9.82 Å². The molecule has 1 amide bonds. The van der Waals surface area contributed by atoms with Crippen molar-refractivity contribution in [2.24, 2.45) is 5.92 Å². The summed E-state index contributed by atoms with van der Waals surface area (Å²) in [5.41, 5.74) is 6.75. The molecule has 3 atom stereocenters. The molecule has 0 aliphatic carbocycles. The van der Waals surface area contributed by atoms with Crippen LogP contribution >= 0.6 is 11.6 Å². The van der Waals surface area contributed by atoms with Crippen LogP contribution in [0, 0.1) is 11.7 Å². The van der Waals surface area contributed by atoms with Gasteiger partial charge in [0.15, 0.2) is 0 Å². The van der Waals surface area contributed by atoms with Crippen molar-refractivity contribution in [3.63, 3.8) is 0 Å². The summed E-state index contributed by atoms with van der Waals surface area (Å²) in [6, 6.07) is 4.95. The van der Waals surface area contributed by atoms with E-state index in [4.69, 9.17) is 11.6 Å². The van der Waals surface area contributed by atoms with Crippen LogP contribution in [0.1, 0.15) is 18.4 Å². The number of piperidine rings is 1. The van der Waals surface area contributed by atoms with E-state index in [2.05, 4.69) is 16.2 Å². The number of hydrogen-bond acceptors (Lipinski definition) is 3. The number of amides is 1. The zero-order valence-electron chi connectivity index (χ0n) is 11.0. The molecule has 3 unspecified atom stereocenters. The maximum absolute atomic E-state index is 13.2. The quantitative estimate of drug-likeness (QED) is 0.773. The third kappa shape index (κ3) is 2.66. The van der Waals surface area contributed by atoms with Crippen molar-refractivity contribution in [2.75, 3.05) is 6.54 Å². The van der Waals surface area contributed by atoms with E-state index < -0.39 is 5.82 Å². The highest BCUT2D eigenvalue weighted by Gasteiger charge is 2.39. The molecule has 6 heteroatoms. The molecule has 20 heavy (non-hydrogen) atoms. The molecule has 1 aromatic carbocycles. The van der Waals surface area contributed by atoms with Gasteiger partial charge in [-0.1, -0.05) is 17.7 Å². The highest BCUT2D eigenvalue weighted by molar-refractivity contribution is 6.30. The molecule has 1 aromatic rings. The Kier molecular flexibility index (Phi) is 3.92. The highest BCUT2D eigenvalue weighted by Crippen LogP contribution is 2.24.